The molecular weight excluding hydrogens is 378 g/mol. The van der Waals surface area contributed by atoms with Gasteiger partial charge in [-0.3, -0.25) is 19.5 Å². The maximum atomic E-state index is 12.9. The SMILES string of the molecule is COC(=O)c1cccc(N=C[C@H]2C(=O)NC(=S)N(c3ccc(C)cc3)C2=O)c1. The molecule has 28 heavy (non-hydrogen) atoms. The highest BCUT2D eigenvalue weighted by Gasteiger charge is 2.38. The normalized spacial score (nSPS) is 17.0. The average Bonchev–Trinajstić information content (AvgIpc) is 2.68. The highest BCUT2D eigenvalue weighted by atomic mass is 32.1. The van der Waals surface area contributed by atoms with Crippen LogP contribution < -0.4 is 10.2 Å². The minimum Gasteiger partial charge on any atom is -0.465 e. The van der Waals surface area contributed by atoms with Crippen LogP contribution >= 0.6 is 12.2 Å². The molecule has 0 radical (unpaired) electrons. The van der Waals surface area contributed by atoms with Gasteiger partial charge in [-0.2, -0.15) is 0 Å². The van der Waals surface area contributed by atoms with Crippen molar-refractivity contribution < 1.29 is 19.1 Å². The first kappa shape index (κ1) is 19.4. The molecule has 1 aliphatic rings. The van der Waals surface area contributed by atoms with E-state index in [1.165, 1.54) is 24.3 Å². The van der Waals surface area contributed by atoms with Gasteiger partial charge >= 0.3 is 5.97 Å². The maximum absolute atomic E-state index is 12.9. The zero-order valence-corrected chi connectivity index (χ0v) is 16.0. The van der Waals surface area contributed by atoms with Crippen LogP contribution in [0, 0.1) is 12.8 Å². The van der Waals surface area contributed by atoms with Gasteiger partial charge in [0.05, 0.1) is 24.0 Å². The maximum Gasteiger partial charge on any atom is 0.337 e. The number of rotatable bonds is 4. The molecular formula is C20H17N3O4S. The van der Waals surface area contributed by atoms with Crippen molar-refractivity contribution in [2.45, 2.75) is 6.92 Å². The van der Waals surface area contributed by atoms with E-state index in [4.69, 9.17) is 12.2 Å². The van der Waals surface area contributed by atoms with Gasteiger partial charge in [0.15, 0.2) is 11.0 Å². The van der Waals surface area contributed by atoms with Crippen molar-refractivity contribution in [3.05, 3.63) is 59.7 Å². The van der Waals surface area contributed by atoms with Crippen LogP contribution in [0.15, 0.2) is 53.5 Å². The van der Waals surface area contributed by atoms with Crippen LogP contribution in [0.1, 0.15) is 15.9 Å². The second-order valence-corrected chi connectivity index (χ2v) is 6.49. The number of hydrogen-bond acceptors (Lipinski definition) is 6. The fourth-order valence-corrected chi connectivity index (χ4v) is 2.95. The summed E-state index contributed by atoms with van der Waals surface area (Å²) in [6.07, 6.45) is 1.25. The number of esters is 1. The van der Waals surface area contributed by atoms with E-state index in [1.54, 1.807) is 30.3 Å². The number of anilines is 1. The van der Waals surface area contributed by atoms with E-state index in [-0.39, 0.29) is 5.11 Å². The van der Waals surface area contributed by atoms with Gasteiger partial charge < -0.3 is 10.1 Å². The minimum atomic E-state index is -1.14. The van der Waals surface area contributed by atoms with Crippen LogP contribution in [0.5, 0.6) is 0 Å². The lowest BCUT2D eigenvalue weighted by Crippen LogP contribution is -2.58. The lowest BCUT2D eigenvalue weighted by Gasteiger charge is -2.30. The third kappa shape index (κ3) is 3.96. The molecule has 1 N–H and O–H groups in total. The van der Waals surface area contributed by atoms with Crippen molar-refractivity contribution in [2.24, 2.45) is 10.9 Å². The third-order valence-corrected chi connectivity index (χ3v) is 4.42. The molecule has 1 atom stereocenters. The molecule has 0 unspecified atom stereocenters. The smallest absolute Gasteiger partial charge is 0.337 e. The van der Waals surface area contributed by atoms with Crippen LogP contribution in [0.25, 0.3) is 0 Å². The van der Waals surface area contributed by atoms with Gasteiger partial charge in [0.1, 0.15) is 0 Å². The number of carbonyl (C=O) groups excluding carboxylic acids is 3. The molecule has 8 heteroatoms. The molecule has 1 fully saturated rings. The summed E-state index contributed by atoms with van der Waals surface area (Å²) >= 11 is 5.16. The summed E-state index contributed by atoms with van der Waals surface area (Å²) in [5.74, 6) is -2.69. The molecule has 1 heterocycles. The minimum absolute atomic E-state index is 0.0243. The Hall–Kier alpha value is -3.39. The van der Waals surface area contributed by atoms with Crippen molar-refractivity contribution in [1.29, 1.82) is 0 Å². The van der Waals surface area contributed by atoms with Crippen molar-refractivity contribution in [3.8, 4) is 0 Å². The first-order valence-electron chi connectivity index (χ1n) is 8.38. The average molecular weight is 395 g/mol. The molecule has 0 saturated carbocycles. The molecule has 0 spiro atoms. The number of ether oxygens (including phenoxy) is 1. The second kappa shape index (κ2) is 8.10. The molecule has 0 aliphatic carbocycles. The standard InChI is InChI=1S/C20H17N3O4S/c1-12-6-8-15(9-7-12)23-18(25)16(17(24)22-20(23)28)11-21-14-5-3-4-13(10-14)19(26)27-2/h3-11,16H,1-2H3,(H,22,24,28)/t16-/m0/s1. The molecule has 1 saturated heterocycles. The summed E-state index contributed by atoms with van der Waals surface area (Å²) in [6.45, 7) is 1.93. The van der Waals surface area contributed by atoms with Gasteiger partial charge in [-0.05, 0) is 49.5 Å². The summed E-state index contributed by atoms with van der Waals surface area (Å²) in [7, 11) is 1.28. The Balaban J connectivity index is 1.86. The van der Waals surface area contributed by atoms with E-state index in [0.717, 1.165) is 5.56 Å². The van der Waals surface area contributed by atoms with Crippen LogP contribution in [-0.4, -0.2) is 36.2 Å². The van der Waals surface area contributed by atoms with E-state index in [9.17, 15) is 14.4 Å². The number of carbonyl (C=O) groups is 3. The number of aliphatic imine (C=N–C) groups is 1. The Labute approximate surface area is 167 Å². The molecule has 0 aromatic heterocycles. The van der Waals surface area contributed by atoms with E-state index < -0.39 is 23.7 Å². The Bertz CT molecular complexity index is 985. The van der Waals surface area contributed by atoms with E-state index >= 15 is 0 Å². The van der Waals surface area contributed by atoms with Crippen LogP contribution in [0.3, 0.4) is 0 Å². The Morgan fingerprint density at radius 1 is 1.21 bits per heavy atom. The molecule has 3 rings (SSSR count). The molecule has 2 aromatic carbocycles. The van der Waals surface area contributed by atoms with Crippen molar-refractivity contribution in [3.63, 3.8) is 0 Å². The van der Waals surface area contributed by atoms with Gasteiger partial charge in [-0.15, -0.1) is 0 Å². The number of thiocarbonyl (C=S) groups is 1. The number of methoxy groups -OCH3 is 1. The summed E-state index contributed by atoms with van der Waals surface area (Å²) in [5, 5.41) is 2.55. The van der Waals surface area contributed by atoms with Crippen molar-refractivity contribution in [2.75, 3.05) is 12.0 Å². The van der Waals surface area contributed by atoms with E-state index in [2.05, 4.69) is 15.0 Å². The highest BCUT2D eigenvalue weighted by Crippen LogP contribution is 2.22. The lowest BCUT2D eigenvalue weighted by atomic mass is 10.1. The molecule has 2 amide bonds. The number of aryl methyl sites for hydroxylation is 1. The van der Waals surface area contributed by atoms with Crippen molar-refractivity contribution >= 4 is 52.7 Å². The molecule has 2 aromatic rings. The van der Waals surface area contributed by atoms with Crippen molar-refractivity contribution in [1.82, 2.24) is 5.32 Å². The van der Waals surface area contributed by atoms with Crippen LogP contribution in [0.4, 0.5) is 11.4 Å². The topological polar surface area (TPSA) is 88.1 Å². The Morgan fingerprint density at radius 3 is 2.61 bits per heavy atom. The zero-order valence-electron chi connectivity index (χ0n) is 15.2. The predicted octanol–water partition coefficient (Wildman–Crippen LogP) is 2.55. The number of nitrogens with one attached hydrogen (secondary N) is 1. The molecule has 0 bridgehead atoms. The first-order chi connectivity index (χ1) is 13.4. The monoisotopic (exact) mass is 395 g/mol. The van der Waals surface area contributed by atoms with Gasteiger partial charge in [0.25, 0.3) is 5.91 Å². The number of nitrogens with zero attached hydrogens (tertiary/aromatic N) is 2. The Kier molecular flexibility index (Phi) is 5.60. The van der Waals surface area contributed by atoms with Crippen LogP contribution in [-0.2, 0) is 14.3 Å². The van der Waals surface area contributed by atoms with E-state index in [0.29, 0.717) is 16.9 Å². The lowest BCUT2D eigenvalue weighted by molar-refractivity contribution is -0.130. The third-order valence-electron chi connectivity index (χ3n) is 4.13. The summed E-state index contributed by atoms with van der Waals surface area (Å²) in [5.41, 5.74) is 2.33. The number of amides is 2. The largest absolute Gasteiger partial charge is 0.465 e. The quantitative estimate of drug-likeness (QED) is 0.372. The van der Waals surface area contributed by atoms with Crippen LogP contribution in [0.2, 0.25) is 0 Å². The Morgan fingerprint density at radius 2 is 1.93 bits per heavy atom. The fourth-order valence-electron chi connectivity index (χ4n) is 2.65. The van der Waals surface area contributed by atoms with Gasteiger partial charge in [-0.1, -0.05) is 23.8 Å². The predicted molar refractivity (Wildman–Crippen MR) is 109 cm³/mol. The van der Waals surface area contributed by atoms with Gasteiger partial charge in [-0.25, -0.2) is 4.79 Å². The number of benzene rings is 2. The summed E-state index contributed by atoms with van der Waals surface area (Å²) in [4.78, 5) is 42.3. The van der Waals surface area contributed by atoms with Gasteiger partial charge in [0, 0.05) is 6.21 Å². The highest BCUT2D eigenvalue weighted by molar-refractivity contribution is 7.80. The first-order valence-corrected chi connectivity index (χ1v) is 8.79. The fraction of sp³-hybridized carbons (Fsp3) is 0.150. The zero-order chi connectivity index (χ0) is 20.3. The van der Waals surface area contributed by atoms with E-state index in [1.807, 2.05) is 19.1 Å². The molecule has 142 valence electrons. The van der Waals surface area contributed by atoms with Gasteiger partial charge in [0.2, 0.25) is 5.91 Å². The second-order valence-electron chi connectivity index (χ2n) is 6.10. The summed E-state index contributed by atoms with van der Waals surface area (Å²) < 4.78 is 4.67. The number of hydrogen-bond donors (Lipinski definition) is 1. The molecule has 7 nitrogen and oxygen atoms in total. The molecule has 1 aliphatic heterocycles. The summed E-state index contributed by atoms with van der Waals surface area (Å²) in [6, 6.07) is 13.6.